The molecule has 0 radical (unpaired) electrons. The minimum Gasteiger partial charge on any atom is -0.319 e. The molecule has 1 amide bonds. The predicted molar refractivity (Wildman–Crippen MR) is 113 cm³/mol. The lowest BCUT2D eigenvalue weighted by Crippen LogP contribution is -2.16. The number of hydrogen-bond donors (Lipinski definition) is 1. The maximum absolute atomic E-state index is 13.8. The van der Waals surface area contributed by atoms with E-state index in [0.717, 1.165) is 12.1 Å². The Labute approximate surface area is 196 Å². The molecule has 5 nitrogen and oxygen atoms in total. The number of amides is 1. The van der Waals surface area contributed by atoms with E-state index >= 15 is 0 Å². The molecule has 1 N–H and O–H groups in total. The Balaban J connectivity index is 1.82. The van der Waals surface area contributed by atoms with E-state index in [9.17, 15) is 31.1 Å². The number of aromatic nitrogens is 3. The Morgan fingerprint density at radius 3 is 2.21 bits per heavy atom. The molecular weight excluding hydrogens is 509 g/mol. The topological polar surface area (TPSA) is 59.3 Å². The summed E-state index contributed by atoms with van der Waals surface area (Å²) in [5, 5.41) is 4.98. The van der Waals surface area contributed by atoms with Crippen molar-refractivity contribution in [3.05, 3.63) is 81.6 Å². The van der Waals surface area contributed by atoms with Gasteiger partial charge in [0, 0.05) is 5.56 Å². The van der Waals surface area contributed by atoms with Crippen LogP contribution in [0.1, 0.15) is 21.7 Å². The summed E-state index contributed by atoms with van der Waals surface area (Å²) in [6.45, 7) is 0. The van der Waals surface area contributed by atoms with Crippen molar-refractivity contribution in [1.29, 1.82) is 0 Å². The number of halogens is 8. The second kappa shape index (κ2) is 8.48. The first-order valence-corrected chi connectivity index (χ1v) is 10.0. The molecule has 0 unspecified atom stereocenters. The van der Waals surface area contributed by atoms with Crippen molar-refractivity contribution in [1.82, 2.24) is 14.6 Å². The number of fused-ring (bicyclic) bond motifs is 1. The molecule has 0 spiro atoms. The molecule has 4 aromatic rings. The van der Waals surface area contributed by atoms with E-state index in [1.54, 1.807) is 18.2 Å². The molecular formula is C21H10Cl2F6N4O. The minimum atomic E-state index is -4.89. The quantitative estimate of drug-likeness (QED) is 0.297. The molecule has 176 valence electrons. The molecule has 13 heteroatoms. The fourth-order valence-corrected chi connectivity index (χ4v) is 3.48. The summed E-state index contributed by atoms with van der Waals surface area (Å²) in [4.78, 5) is 16.8. The van der Waals surface area contributed by atoms with Crippen molar-refractivity contribution in [2.24, 2.45) is 0 Å². The van der Waals surface area contributed by atoms with E-state index in [4.69, 9.17) is 23.2 Å². The first kappa shape index (κ1) is 23.8. The van der Waals surface area contributed by atoms with Gasteiger partial charge >= 0.3 is 12.4 Å². The summed E-state index contributed by atoms with van der Waals surface area (Å²) >= 11 is 12.0. The van der Waals surface area contributed by atoms with Crippen LogP contribution < -0.4 is 5.32 Å². The zero-order chi connectivity index (χ0) is 24.8. The second-order valence-electron chi connectivity index (χ2n) is 6.93. The zero-order valence-corrected chi connectivity index (χ0v) is 18.0. The molecule has 0 aliphatic carbocycles. The van der Waals surface area contributed by atoms with Gasteiger partial charge in [-0.1, -0.05) is 53.5 Å². The lowest BCUT2D eigenvalue weighted by Gasteiger charge is -2.11. The SMILES string of the molecule is O=C(Nc1cc(C(F)(F)F)ccc1Cl)c1nn2c(C(F)(F)F)cc(-c3ccccc3)nc2c1Cl. The smallest absolute Gasteiger partial charge is 0.319 e. The number of carbonyl (C=O) groups excluding carboxylic acids is 1. The maximum Gasteiger partial charge on any atom is 0.433 e. The highest BCUT2D eigenvalue weighted by Crippen LogP contribution is 2.36. The number of nitrogens with zero attached hydrogens (tertiary/aromatic N) is 3. The van der Waals surface area contributed by atoms with Crippen LogP contribution in [0.15, 0.2) is 54.6 Å². The standard InChI is InChI=1S/C21H10Cl2F6N4O/c22-12-7-6-11(20(24,25)26)8-14(12)31-19(34)17-16(23)18-30-13(10-4-2-1-3-5-10)9-15(21(27,28)29)33(18)32-17/h1-9H,(H,31,34). The molecule has 0 bridgehead atoms. The van der Waals surface area contributed by atoms with E-state index in [2.05, 4.69) is 15.4 Å². The number of carbonyl (C=O) groups is 1. The van der Waals surface area contributed by atoms with Crippen LogP contribution in [0.2, 0.25) is 10.0 Å². The van der Waals surface area contributed by atoms with Crippen molar-refractivity contribution in [3.8, 4) is 11.3 Å². The van der Waals surface area contributed by atoms with Gasteiger partial charge in [0.2, 0.25) is 0 Å². The van der Waals surface area contributed by atoms with Crippen LogP contribution in [0.5, 0.6) is 0 Å². The highest BCUT2D eigenvalue weighted by atomic mass is 35.5. The lowest BCUT2D eigenvalue weighted by atomic mass is 10.1. The van der Waals surface area contributed by atoms with Gasteiger partial charge in [-0.05, 0) is 24.3 Å². The van der Waals surface area contributed by atoms with Gasteiger partial charge in [0.25, 0.3) is 5.91 Å². The highest BCUT2D eigenvalue weighted by molar-refractivity contribution is 6.37. The minimum absolute atomic E-state index is 0.0740. The Hall–Kier alpha value is -3.31. The third-order valence-electron chi connectivity index (χ3n) is 4.65. The van der Waals surface area contributed by atoms with Crippen LogP contribution in [-0.4, -0.2) is 20.5 Å². The number of hydrogen-bond acceptors (Lipinski definition) is 3. The molecule has 2 heterocycles. The third-order valence-corrected chi connectivity index (χ3v) is 5.33. The Kier molecular flexibility index (Phi) is 5.94. The highest BCUT2D eigenvalue weighted by Gasteiger charge is 2.37. The molecule has 0 saturated carbocycles. The molecule has 2 aromatic heterocycles. The van der Waals surface area contributed by atoms with E-state index < -0.39 is 51.6 Å². The fraction of sp³-hybridized carbons (Fsp3) is 0.0952. The molecule has 0 atom stereocenters. The van der Waals surface area contributed by atoms with Crippen LogP contribution in [-0.2, 0) is 12.4 Å². The number of rotatable bonds is 3. The molecule has 0 fully saturated rings. The molecule has 34 heavy (non-hydrogen) atoms. The fourth-order valence-electron chi connectivity index (χ4n) is 3.07. The summed E-state index contributed by atoms with van der Waals surface area (Å²) < 4.78 is 80.6. The van der Waals surface area contributed by atoms with E-state index in [-0.39, 0.29) is 10.7 Å². The Morgan fingerprint density at radius 1 is 0.912 bits per heavy atom. The van der Waals surface area contributed by atoms with Crippen LogP contribution in [0.4, 0.5) is 32.0 Å². The van der Waals surface area contributed by atoms with Gasteiger partial charge in [0.05, 0.1) is 22.0 Å². The van der Waals surface area contributed by atoms with Crippen LogP contribution in [0.25, 0.3) is 16.9 Å². The van der Waals surface area contributed by atoms with Crippen molar-refractivity contribution < 1.29 is 31.1 Å². The van der Waals surface area contributed by atoms with Gasteiger partial charge in [0.15, 0.2) is 17.0 Å². The molecule has 0 aliphatic rings. The van der Waals surface area contributed by atoms with Gasteiger partial charge in [-0.2, -0.15) is 31.4 Å². The van der Waals surface area contributed by atoms with Crippen molar-refractivity contribution in [2.75, 3.05) is 5.32 Å². The molecule has 0 aliphatic heterocycles. The maximum atomic E-state index is 13.8. The van der Waals surface area contributed by atoms with Crippen LogP contribution in [0.3, 0.4) is 0 Å². The third kappa shape index (κ3) is 4.53. The summed E-state index contributed by atoms with van der Waals surface area (Å²) in [6, 6.07) is 10.9. The van der Waals surface area contributed by atoms with Gasteiger partial charge in [-0.15, -0.1) is 0 Å². The number of alkyl halides is 6. The van der Waals surface area contributed by atoms with Gasteiger partial charge < -0.3 is 5.32 Å². The van der Waals surface area contributed by atoms with E-state index in [0.29, 0.717) is 22.2 Å². The van der Waals surface area contributed by atoms with Gasteiger partial charge in [-0.25, -0.2) is 9.50 Å². The number of anilines is 1. The Bertz CT molecular complexity index is 1400. The summed E-state index contributed by atoms with van der Waals surface area (Å²) in [5.41, 5.74) is -3.64. The second-order valence-corrected chi connectivity index (χ2v) is 7.72. The summed E-state index contributed by atoms with van der Waals surface area (Å²) in [7, 11) is 0. The van der Waals surface area contributed by atoms with Gasteiger partial charge in [-0.3, -0.25) is 4.79 Å². The lowest BCUT2D eigenvalue weighted by molar-refractivity contribution is -0.142. The van der Waals surface area contributed by atoms with E-state index in [1.165, 1.54) is 12.1 Å². The molecule has 4 rings (SSSR count). The van der Waals surface area contributed by atoms with Crippen LogP contribution in [0, 0.1) is 0 Å². The molecule has 0 saturated heterocycles. The Morgan fingerprint density at radius 2 is 1.59 bits per heavy atom. The van der Waals surface area contributed by atoms with Crippen molar-refractivity contribution >= 4 is 40.4 Å². The largest absolute Gasteiger partial charge is 0.433 e. The summed E-state index contributed by atoms with van der Waals surface area (Å²) in [6.07, 6.45) is -9.61. The first-order chi connectivity index (χ1) is 15.9. The zero-order valence-electron chi connectivity index (χ0n) is 16.5. The van der Waals surface area contributed by atoms with Crippen molar-refractivity contribution in [2.45, 2.75) is 12.4 Å². The monoisotopic (exact) mass is 518 g/mol. The van der Waals surface area contributed by atoms with Crippen molar-refractivity contribution in [3.63, 3.8) is 0 Å². The predicted octanol–water partition coefficient (Wildman–Crippen LogP) is 6.99. The normalized spacial score (nSPS) is 12.2. The molecule has 2 aromatic carbocycles. The average Bonchev–Trinajstić information content (AvgIpc) is 3.10. The number of nitrogens with one attached hydrogen (secondary N) is 1. The van der Waals surface area contributed by atoms with E-state index in [1.807, 2.05) is 0 Å². The number of benzene rings is 2. The van der Waals surface area contributed by atoms with Gasteiger partial charge in [0.1, 0.15) is 5.02 Å². The van der Waals surface area contributed by atoms with Crippen LogP contribution >= 0.6 is 23.2 Å². The first-order valence-electron chi connectivity index (χ1n) is 9.26. The average molecular weight is 519 g/mol. The summed E-state index contributed by atoms with van der Waals surface area (Å²) in [5.74, 6) is -1.17.